The molecule has 128 valence electrons. The first-order chi connectivity index (χ1) is 11.6. The van der Waals surface area contributed by atoms with Crippen molar-refractivity contribution in [3.8, 4) is 0 Å². The molecule has 0 spiro atoms. The number of carbonyl (C=O) groups excluding carboxylic acids is 2. The topological polar surface area (TPSA) is 58.6 Å². The van der Waals surface area contributed by atoms with Crippen LogP contribution in [0.4, 0.5) is 0 Å². The first-order valence-electron chi connectivity index (χ1n) is 8.15. The van der Waals surface area contributed by atoms with E-state index >= 15 is 0 Å². The molecule has 1 unspecified atom stereocenters. The van der Waals surface area contributed by atoms with Gasteiger partial charge in [-0.2, -0.15) is 0 Å². The number of nitrogens with one attached hydrogen (secondary N) is 1. The SMILES string of the molecule is COC(=O)c1sc2ccccc2c1CNC(=O)C1CCCN(C)C1. The van der Waals surface area contributed by atoms with Crippen LogP contribution in [0.3, 0.4) is 0 Å². The number of likely N-dealkylation sites (tertiary alicyclic amines) is 1. The number of benzene rings is 1. The fourth-order valence-electron chi connectivity index (χ4n) is 3.23. The first-order valence-corrected chi connectivity index (χ1v) is 8.96. The molecule has 3 rings (SSSR count). The molecular formula is C18H22N2O3S. The van der Waals surface area contributed by atoms with Crippen LogP contribution in [0.5, 0.6) is 0 Å². The lowest BCUT2D eigenvalue weighted by Crippen LogP contribution is -2.41. The molecule has 2 aromatic rings. The quantitative estimate of drug-likeness (QED) is 0.865. The number of esters is 1. The Morgan fingerprint density at radius 2 is 2.17 bits per heavy atom. The van der Waals surface area contributed by atoms with Crippen molar-refractivity contribution in [2.24, 2.45) is 5.92 Å². The summed E-state index contributed by atoms with van der Waals surface area (Å²) in [5.74, 6) is -0.263. The van der Waals surface area contributed by atoms with Crippen LogP contribution >= 0.6 is 11.3 Å². The molecule has 1 aromatic carbocycles. The molecule has 1 aromatic heterocycles. The molecule has 6 heteroatoms. The Hall–Kier alpha value is -1.92. The lowest BCUT2D eigenvalue weighted by Gasteiger charge is -2.28. The highest BCUT2D eigenvalue weighted by Crippen LogP contribution is 2.32. The summed E-state index contributed by atoms with van der Waals surface area (Å²) >= 11 is 1.41. The van der Waals surface area contributed by atoms with Gasteiger partial charge in [-0.15, -0.1) is 11.3 Å². The number of methoxy groups -OCH3 is 1. The van der Waals surface area contributed by atoms with Crippen LogP contribution in [0.25, 0.3) is 10.1 Å². The maximum absolute atomic E-state index is 12.5. The number of fused-ring (bicyclic) bond motifs is 1. The number of rotatable bonds is 4. The predicted octanol–water partition coefficient (Wildman–Crippen LogP) is 2.65. The Morgan fingerprint density at radius 1 is 1.38 bits per heavy atom. The maximum atomic E-state index is 12.5. The summed E-state index contributed by atoms with van der Waals surface area (Å²) in [4.78, 5) is 27.3. The molecule has 1 saturated heterocycles. The van der Waals surface area contributed by atoms with Gasteiger partial charge in [-0.1, -0.05) is 18.2 Å². The van der Waals surface area contributed by atoms with Gasteiger partial charge in [0.05, 0.1) is 13.0 Å². The third-order valence-corrected chi connectivity index (χ3v) is 5.70. The first kappa shape index (κ1) is 16.9. The monoisotopic (exact) mass is 346 g/mol. The Morgan fingerprint density at radius 3 is 2.92 bits per heavy atom. The van der Waals surface area contributed by atoms with Crippen molar-refractivity contribution >= 4 is 33.3 Å². The third-order valence-electron chi connectivity index (χ3n) is 4.50. The van der Waals surface area contributed by atoms with Crippen molar-refractivity contribution in [1.82, 2.24) is 10.2 Å². The largest absolute Gasteiger partial charge is 0.465 e. The van der Waals surface area contributed by atoms with E-state index in [0.717, 1.165) is 41.6 Å². The molecule has 24 heavy (non-hydrogen) atoms. The van der Waals surface area contributed by atoms with Crippen LogP contribution in [-0.4, -0.2) is 44.0 Å². The smallest absolute Gasteiger partial charge is 0.348 e. The second-order valence-electron chi connectivity index (χ2n) is 6.22. The number of ether oxygens (including phenoxy) is 1. The van der Waals surface area contributed by atoms with Crippen molar-refractivity contribution in [1.29, 1.82) is 0 Å². The molecule has 1 atom stereocenters. The zero-order valence-electron chi connectivity index (χ0n) is 14.0. The summed E-state index contributed by atoms with van der Waals surface area (Å²) in [5.41, 5.74) is 0.847. The number of nitrogens with zero attached hydrogens (tertiary/aromatic N) is 1. The van der Waals surface area contributed by atoms with E-state index in [0.29, 0.717) is 11.4 Å². The molecule has 5 nitrogen and oxygen atoms in total. The molecular weight excluding hydrogens is 324 g/mol. The van der Waals surface area contributed by atoms with Crippen LogP contribution in [0.15, 0.2) is 24.3 Å². The van der Waals surface area contributed by atoms with E-state index in [9.17, 15) is 9.59 Å². The van der Waals surface area contributed by atoms with Gasteiger partial charge in [-0.3, -0.25) is 4.79 Å². The second-order valence-corrected chi connectivity index (χ2v) is 7.27. The molecule has 1 aliphatic heterocycles. The average molecular weight is 346 g/mol. The summed E-state index contributed by atoms with van der Waals surface area (Å²) in [6.07, 6.45) is 1.97. The van der Waals surface area contributed by atoms with Gasteiger partial charge in [0.2, 0.25) is 5.91 Å². The zero-order chi connectivity index (χ0) is 17.1. The molecule has 1 fully saturated rings. The molecule has 1 amide bonds. The number of hydrogen-bond donors (Lipinski definition) is 1. The lowest BCUT2D eigenvalue weighted by molar-refractivity contribution is -0.126. The standard InChI is InChI=1S/C18H22N2O3S/c1-20-9-5-6-12(11-20)17(21)19-10-14-13-7-3-4-8-15(13)24-16(14)18(22)23-2/h3-4,7-8,12H,5-6,9-11H2,1-2H3,(H,19,21). The van der Waals surface area contributed by atoms with Gasteiger partial charge in [-0.05, 0) is 37.9 Å². The highest BCUT2D eigenvalue weighted by Gasteiger charge is 2.25. The summed E-state index contributed by atoms with van der Waals surface area (Å²) in [5, 5.41) is 4.02. The summed E-state index contributed by atoms with van der Waals surface area (Å²) in [6, 6.07) is 7.85. The Labute approximate surface area is 145 Å². The van der Waals surface area contributed by atoms with E-state index in [4.69, 9.17) is 4.74 Å². The van der Waals surface area contributed by atoms with Crippen molar-refractivity contribution in [3.05, 3.63) is 34.7 Å². The van der Waals surface area contributed by atoms with Crippen LogP contribution in [0, 0.1) is 5.92 Å². The highest BCUT2D eigenvalue weighted by molar-refractivity contribution is 7.21. The molecule has 0 radical (unpaired) electrons. The number of thiophene rings is 1. The van der Waals surface area contributed by atoms with Crippen LogP contribution in [0.2, 0.25) is 0 Å². The van der Waals surface area contributed by atoms with E-state index in [1.165, 1.54) is 18.4 Å². The Kier molecular flexibility index (Phi) is 5.16. The van der Waals surface area contributed by atoms with E-state index in [-0.39, 0.29) is 17.8 Å². The van der Waals surface area contributed by atoms with E-state index in [1.54, 1.807) is 0 Å². The Bertz CT molecular complexity index is 756. The van der Waals surface area contributed by atoms with Crippen LogP contribution < -0.4 is 5.32 Å². The molecule has 1 aliphatic rings. The van der Waals surface area contributed by atoms with Crippen LogP contribution in [0.1, 0.15) is 28.1 Å². The fourth-order valence-corrected chi connectivity index (χ4v) is 4.37. The molecule has 1 N–H and O–H groups in total. The Balaban J connectivity index is 1.79. The van der Waals surface area contributed by atoms with Gasteiger partial charge < -0.3 is 15.0 Å². The number of piperidine rings is 1. The molecule has 0 saturated carbocycles. The normalized spacial score (nSPS) is 18.5. The van der Waals surface area contributed by atoms with Crippen molar-refractivity contribution < 1.29 is 14.3 Å². The number of hydrogen-bond acceptors (Lipinski definition) is 5. The number of amides is 1. The number of carbonyl (C=O) groups is 2. The van der Waals surface area contributed by atoms with Crippen molar-refractivity contribution in [2.75, 3.05) is 27.2 Å². The van der Waals surface area contributed by atoms with Gasteiger partial charge in [0.25, 0.3) is 0 Å². The van der Waals surface area contributed by atoms with Gasteiger partial charge >= 0.3 is 5.97 Å². The molecule has 0 aliphatic carbocycles. The fraction of sp³-hybridized carbons (Fsp3) is 0.444. The summed E-state index contributed by atoms with van der Waals surface area (Å²) in [6.45, 7) is 2.19. The summed E-state index contributed by atoms with van der Waals surface area (Å²) < 4.78 is 5.92. The van der Waals surface area contributed by atoms with E-state index in [2.05, 4.69) is 10.2 Å². The van der Waals surface area contributed by atoms with Gasteiger partial charge in [0, 0.05) is 23.4 Å². The van der Waals surface area contributed by atoms with Crippen molar-refractivity contribution in [3.63, 3.8) is 0 Å². The minimum Gasteiger partial charge on any atom is -0.465 e. The van der Waals surface area contributed by atoms with Gasteiger partial charge in [0.15, 0.2) is 0 Å². The van der Waals surface area contributed by atoms with Gasteiger partial charge in [-0.25, -0.2) is 4.79 Å². The third kappa shape index (κ3) is 3.44. The van der Waals surface area contributed by atoms with E-state index < -0.39 is 0 Å². The zero-order valence-corrected chi connectivity index (χ0v) is 14.8. The lowest BCUT2D eigenvalue weighted by atomic mass is 9.97. The maximum Gasteiger partial charge on any atom is 0.348 e. The van der Waals surface area contributed by atoms with E-state index in [1.807, 2.05) is 31.3 Å². The minimum absolute atomic E-state index is 0.0234. The van der Waals surface area contributed by atoms with Crippen molar-refractivity contribution in [2.45, 2.75) is 19.4 Å². The minimum atomic E-state index is -0.349. The predicted molar refractivity (Wildman–Crippen MR) is 95.2 cm³/mol. The molecule has 2 heterocycles. The second kappa shape index (κ2) is 7.32. The summed E-state index contributed by atoms with van der Waals surface area (Å²) in [7, 11) is 3.42. The average Bonchev–Trinajstić information content (AvgIpc) is 2.97. The van der Waals surface area contributed by atoms with Crippen LogP contribution in [-0.2, 0) is 16.1 Å². The molecule has 0 bridgehead atoms. The van der Waals surface area contributed by atoms with Gasteiger partial charge in [0.1, 0.15) is 4.88 Å². The highest BCUT2D eigenvalue weighted by atomic mass is 32.1.